The van der Waals surface area contributed by atoms with Crippen LogP contribution in [0.1, 0.15) is 22.3 Å². The van der Waals surface area contributed by atoms with Crippen molar-refractivity contribution in [1.82, 2.24) is 4.90 Å². The van der Waals surface area contributed by atoms with E-state index < -0.39 is 18.2 Å². The van der Waals surface area contributed by atoms with Crippen LogP contribution in [0.5, 0.6) is 17.2 Å². The number of ether oxygens (including phenoxy) is 2. The number of carbonyl (C=O) groups is 2. The molecule has 8 nitrogen and oxygen atoms in total. The van der Waals surface area contributed by atoms with Gasteiger partial charge in [0.15, 0.2) is 17.7 Å². The van der Waals surface area contributed by atoms with Crippen molar-refractivity contribution in [3.05, 3.63) is 53.7 Å². The third-order valence-corrected chi connectivity index (χ3v) is 5.33. The molecule has 2 N–H and O–H groups in total. The van der Waals surface area contributed by atoms with Crippen molar-refractivity contribution < 1.29 is 29.3 Å². The molecule has 1 unspecified atom stereocenters. The van der Waals surface area contributed by atoms with Crippen LogP contribution in [0.3, 0.4) is 0 Å². The lowest BCUT2D eigenvalue weighted by atomic mass is 10.0. The number of aliphatic hydroxyl groups is 1. The van der Waals surface area contributed by atoms with E-state index in [-0.39, 0.29) is 22.7 Å². The highest BCUT2D eigenvalue weighted by Crippen LogP contribution is 2.42. The number of benzene rings is 2. The second kappa shape index (κ2) is 7.14. The second-order valence-corrected chi connectivity index (χ2v) is 6.83. The van der Waals surface area contributed by atoms with Crippen LogP contribution in [0.2, 0.25) is 0 Å². The molecule has 0 saturated heterocycles. The van der Waals surface area contributed by atoms with Gasteiger partial charge in [0.2, 0.25) is 6.41 Å². The third-order valence-electron chi connectivity index (χ3n) is 5.33. The molecule has 2 atom stereocenters. The van der Waals surface area contributed by atoms with E-state index in [1.54, 1.807) is 13.3 Å². The predicted octanol–water partition coefficient (Wildman–Crippen LogP) is 1.96. The Morgan fingerprint density at radius 3 is 2.48 bits per heavy atom. The summed E-state index contributed by atoms with van der Waals surface area (Å²) in [7, 11) is 2.95. The van der Waals surface area contributed by atoms with Crippen LogP contribution in [-0.4, -0.2) is 53.9 Å². The molecular weight excluding hydrogens is 376 g/mol. The quantitative estimate of drug-likeness (QED) is 0.767. The molecule has 0 bridgehead atoms. The van der Waals surface area contributed by atoms with E-state index in [4.69, 9.17) is 9.47 Å². The molecule has 0 spiro atoms. The first-order chi connectivity index (χ1) is 14.0. The number of nitrogens with zero attached hydrogens (tertiary/aromatic N) is 2. The number of aliphatic hydroxyl groups excluding tert-OH is 1. The monoisotopic (exact) mass is 396 g/mol. The summed E-state index contributed by atoms with van der Waals surface area (Å²) in [5, 5.41) is 21.0. The summed E-state index contributed by atoms with van der Waals surface area (Å²) in [5.74, 6) is 0.199. The lowest BCUT2D eigenvalue weighted by Crippen LogP contribution is -2.47. The van der Waals surface area contributed by atoms with Gasteiger partial charge in [0.05, 0.1) is 31.5 Å². The van der Waals surface area contributed by atoms with Crippen molar-refractivity contribution >= 4 is 23.6 Å². The molecule has 0 radical (unpaired) electrons. The summed E-state index contributed by atoms with van der Waals surface area (Å²) in [6.45, 7) is 0. The Morgan fingerprint density at radius 2 is 1.86 bits per heavy atom. The molecule has 2 amide bonds. The molecule has 0 fully saturated rings. The highest BCUT2D eigenvalue weighted by atomic mass is 16.5. The molecule has 2 aliphatic rings. The molecule has 8 heteroatoms. The third kappa shape index (κ3) is 2.98. The number of fused-ring (bicyclic) bond motifs is 2. The van der Waals surface area contributed by atoms with Crippen LogP contribution in [0, 0.1) is 0 Å². The van der Waals surface area contributed by atoms with Gasteiger partial charge in [-0.15, -0.1) is 0 Å². The second-order valence-electron chi connectivity index (χ2n) is 6.83. The molecule has 150 valence electrons. The van der Waals surface area contributed by atoms with Crippen LogP contribution >= 0.6 is 0 Å². The maximum atomic E-state index is 13.3. The average molecular weight is 396 g/mol. The van der Waals surface area contributed by atoms with Crippen LogP contribution < -0.4 is 14.4 Å². The van der Waals surface area contributed by atoms with E-state index in [1.165, 1.54) is 24.1 Å². The smallest absolute Gasteiger partial charge is 0.260 e. The van der Waals surface area contributed by atoms with Crippen molar-refractivity contribution in [3.8, 4) is 17.2 Å². The van der Waals surface area contributed by atoms with E-state index >= 15 is 0 Å². The van der Waals surface area contributed by atoms with Gasteiger partial charge in [-0.05, 0) is 35.8 Å². The minimum Gasteiger partial charge on any atom is -0.504 e. The number of rotatable bonds is 4. The molecule has 0 saturated carbocycles. The summed E-state index contributed by atoms with van der Waals surface area (Å²) in [4.78, 5) is 27.5. The van der Waals surface area contributed by atoms with Crippen molar-refractivity contribution in [2.75, 3.05) is 19.1 Å². The molecular formula is C21H20N2O6. The number of hydrogen-bond donors (Lipinski definition) is 2. The number of phenolic OH excluding ortho intramolecular Hbond substituents is 1. The van der Waals surface area contributed by atoms with Crippen molar-refractivity contribution in [1.29, 1.82) is 0 Å². The van der Waals surface area contributed by atoms with Crippen molar-refractivity contribution in [2.24, 2.45) is 0 Å². The lowest BCUT2D eigenvalue weighted by Gasteiger charge is -2.29. The minimum atomic E-state index is -1.28. The fourth-order valence-corrected chi connectivity index (χ4v) is 3.79. The maximum absolute atomic E-state index is 13.3. The van der Waals surface area contributed by atoms with Gasteiger partial charge >= 0.3 is 0 Å². The fourth-order valence-electron chi connectivity index (χ4n) is 3.79. The van der Waals surface area contributed by atoms with Gasteiger partial charge in [0.1, 0.15) is 5.75 Å². The zero-order valence-corrected chi connectivity index (χ0v) is 15.9. The van der Waals surface area contributed by atoms with Crippen molar-refractivity contribution in [3.63, 3.8) is 0 Å². The summed E-state index contributed by atoms with van der Waals surface area (Å²) in [6.07, 6.45) is 1.23. The van der Waals surface area contributed by atoms with Gasteiger partial charge in [-0.25, -0.2) is 0 Å². The molecule has 0 aromatic heterocycles. The average Bonchev–Trinajstić information content (AvgIpc) is 3.16. The summed E-state index contributed by atoms with van der Waals surface area (Å²) >= 11 is 0. The Kier molecular flexibility index (Phi) is 4.63. The maximum Gasteiger partial charge on any atom is 0.260 e. The predicted molar refractivity (Wildman–Crippen MR) is 105 cm³/mol. The molecule has 2 heterocycles. The molecule has 0 aliphatic carbocycles. The highest BCUT2D eigenvalue weighted by Gasteiger charge is 2.43. The van der Waals surface area contributed by atoms with Gasteiger partial charge < -0.3 is 24.6 Å². The van der Waals surface area contributed by atoms with Gasteiger partial charge in [-0.1, -0.05) is 12.1 Å². The van der Waals surface area contributed by atoms with E-state index in [2.05, 4.69) is 0 Å². The van der Waals surface area contributed by atoms with Crippen LogP contribution in [0.25, 0.3) is 5.57 Å². The van der Waals surface area contributed by atoms with Crippen LogP contribution in [0.15, 0.2) is 42.6 Å². The minimum absolute atomic E-state index is 0.106. The van der Waals surface area contributed by atoms with Gasteiger partial charge in [-0.2, -0.15) is 0 Å². The number of amides is 2. The first kappa shape index (κ1) is 18.8. The lowest BCUT2D eigenvalue weighted by molar-refractivity contribution is -0.109. The molecule has 2 aromatic rings. The standard InChI is InChI=1S/C21H20N2O6/c1-28-14-5-3-12(4-6-14)13-7-17-21(27)23(11-24)16-9-18(25)19(29-2)8-15(16)20(26)22(17)10-13/h3-6,8-11,17,21,25,27H,7H2,1-2H3/t17-,21?/m0/s1. The van der Waals surface area contributed by atoms with E-state index in [9.17, 15) is 19.8 Å². The Labute approximate surface area is 167 Å². The molecule has 4 rings (SSSR count). The number of phenols is 1. The van der Waals surface area contributed by atoms with Gasteiger partial charge in [0, 0.05) is 12.3 Å². The normalized spacial score (nSPS) is 20.5. The Morgan fingerprint density at radius 1 is 1.14 bits per heavy atom. The van der Waals surface area contributed by atoms with Crippen molar-refractivity contribution in [2.45, 2.75) is 18.7 Å². The SMILES string of the molecule is COc1ccc(C2=CN3C(=O)c4cc(OC)c(O)cc4N(C=O)C(O)[C@@H]3C2)cc1. The Bertz CT molecular complexity index is 1000. The summed E-state index contributed by atoms with van der Waals surface area (Å²) in [5.41, 5.74) is 2.02. The van der Waals surface area contributed by atoms with Gasteiger partial charge in [-0.3, -0.25) is 14.5 Å². The van der Waals surface area contributed by atoms with E-state index in [1.807, 2.05) is 24.3 Å². The highest BCUT2D eigenvalue weighted by molar-refractivity contribution is 6.05. The zero-order valence-electron chi connectivity index (χ0n) is 15.9. The fraction of sp³-hybridized carbons (Fsp3) is 0.238. The van der Waals surface area contributed by atoms with Gasteiger partial charge in [0.25, 0.3) is 5.91 Å². The summed E-state index contributed by atoms with van der Waals surface area (Å²) in [6, 6.07) is 9.35. The van der Waals surface area contributed by atoms with E-state index in [0.717, 1.165) is 16.0 Å². The number of methoxy groups -OCH3 is 2. The molecule has 29 heavy (non-hydrogen) atoms. The number of hydrogen-bond acceptors (Lipinski definition) is 6. The summed E-state index contributed by atoms with van der Waals surface area (Å²) < 4.78 is 10.3. The topological polar surface area (TPSA) is 99.5 Å². The first-order valence-electron chi connectivity index (χ1n) is 8.99. The number of anilines is 1. The zero-order chi connectivity index (χ0) is 20.7. The van der Waals surface area contributed by atoms with Crippen LogP contribution in [-0.2, 0) is 4.79 Å². The first-order valence-corrected chi connectivity index (χ1v) is 8.99. The molecule has 2 aromatic carbocycles. The number of carbonyl (C=O) groups excluding carboxylic acids is 2. The molecule has 2 aliphatic heterocycles. The largest absolute Gasteiger partial charge is 0.504 e. The Balaban J connectivity index is 1.79. The van der Waals surface area contributed by atoms with Crippen LogP contribution in [0.4, 0.5) is 5.69 Å². The number of aromatic hydroxyl groups is 1. The Hall–Kier alpha value is -3.52. The van der Waals surface area contributed by atoms with E-state index in [0.29, 0.717) is 18.6 Å².